The minimum absolute atomic E-state index is 0.0696. The Labute approximate surface area is 178 Å². The van der Waals surface area contributed by atoms with Crippen LogP contribution in [0.25, 0.3) is 0 Å². The van der Waals surface area contributed by atoms with Crippen LogP contribution in [0.1, 0.15) is 25.2 Å². The Balaban J connectivity index is 1.57. The van der Waals surface area contributed by atoms with Gasteiger partial charge in [0.05, 0.1) is 11.5 Å². The van der Waals surface area contributed by atoms with E-state index in [2.05, 4.69) is 31.9 Å². The van der Waals surface area contributed by atoms with Gasteiger partial charge in [-0.05, 0) is 19.4 Å². The monoisotopic (exact) mass is 431 g/mol. The number of amides is 1. The van der Waals surface area contributed by atoms with E-state index in [9.17, 15) is 4.79 Å². The highest BCUT2D eigenvalue weighted by Crippen LogP contribution is 2.24. The lowest BCUT2D eigenvalue weighted by Crippen LogP contribution is -2.32. The van der Waals surface area contributed by atoms with Crippen LogP contribution in [-0.2, 0) is 17.1 Å². The highest BCUT2D eigenvalue weighted by molar-refractivity contribution is 8.00. The molecule has 0 saturated carbocycles. The standard InChI is InChI=1S/C19H25N7OS2/c1-3-24(4-2)17(27)14-29-19-23-22-18(26(19)20)28-13-16-21-10-11-25(16)12-15-8-6-5-7-9-15/h5-11H,3-4,12-14,20H2,1-2H3. The Morgan fingerprint density at radius 1 is 1.10 bits per heavy atom. The molecule has 0 aliphatic carbocycles. The lowest BCUT2D eigenvalue weighted by Gasteiger charge is -2.17. The molecular weight excluding hydrogens is 406 g/mol. The number of aromatic nitrogens is 5. The van der Waals surface area contributed by atoms with Crippen LogP contribution in [0.4, 0.5) is 0 Å². The summed E-state index contributed by atoms with van der Waals surface area (Å²) in [6, 6.07) is 10.3. The summed E-state index contributed by atoms with van der Waals surface area (Å²) in [6.07, 6.45) is 3.77. The van der Waals surface area contributed by atoms with E-state index in [0.29, 0.717) is 34.9 Å². The minimum Gasteiger partial charge on any atom is -0.343 e. The molecule has 0 atom stereocenters. The zero-order chi connectivity index (χ0) is 20.6. The number of benzene rings is 1. The van der Waals surface area contributed by atoms with Gasteiger partial charge in [-0.15, -0.1) is 10.2 Å². The van der Waals surface area contributed by atoms with Crippen molar-refractivity contribution in [2.75, 3.05) is 24.7 Å². The molecule has 2 aromatic heterocycles. The van der Waals surface area contributed by atoms with Gasteiger partial charge in [-0.25, -0.2) is 9.66 Å². The van der Waals surface area contributed by atoms with Crippen molar-refractivity contribution >= 4 is 29.4 Å². The van der Waals surface area contributed by atoms with Gasteiger partial charge in [0, 0.05) is 32.0 Å². The van der Waals surface area contributed by atoms with Crippen LogP contribution in [0, 0.1) is 0 Å². The van der Waals surface area contributed by atoms with E-state index in [1.165, 1.54) is 33.8 Å². The van der Waals surface area contributed by atoms with Gasteiger partial charge in [-0.2, -0.15) is 0 Å². The predicted molar refractivity (Wildman–Crippen MR) is 116 cm³/mol. The van der Waals surface area contributed by atoms with E-state index in [-0.39, 0.29) is 5.91 Å². The molecule has 0 unspecified atom stereocenters. The van der Waals surface area contributed by atoms with Gasteiger partial charge in [0.2, 0.25) is 16.2 Å². The number of nitrogen functional groups attached to an aromatic ring is 1. The fourth-order valence-electron chi connectivity index (χ4n) is 2.79. The molecule has 0 radical (unpaired) electrons. The number of nitrogens with two attached hydrogens (primary N) is 1. The van der Waals surface area contributed by atoms with Crippen molar-refractivity contribution in [3.8, 4) is 0 Å². The summed E-state index contributed by atoms with van der Waals surface area (Å²) in [7, 11) is 0. The summed E-state index contributed by atoms with van der Waals surface area (Å²) in [4.78, 5) is 18.4. The molecule has 3 aromatic rings. The second-order valence-electron chi connectivity index (χ2n) is 6.24. The highest BCUT2D eigenvalue weighted by Gasteiger charge is 2.16. The third-order valence-corrected chi connectivity index (χ3v) is 6.27. The Bertz CT molecular complexity index is 922. The minimum atomic E-state index is 0.0696. The molecular formula is C19H25N7OS2. The van der Waals surface area contributed by atoms with Crippen LogP contribution in [0.5, 0.6) is 0 Å². The molecule has 0 fully saturated rings. The molecule has 0 saturated heterocycles. The topological polar surface area (TPSA) is 94.9 Å². The first-order valence-corrected chi connectivity index (χ1v) is 11.4. The van der Waals surface area contributed by atoms with Crippen molar-refractivity contribution in [3.63, 3.8) is 0 Å². The molecule has 0 spiro atoms. The fraction of sp³-hybridized carbons (Fsp3) is 0.368. The fourth-order valence-corrected chi connectivity index (χ4v) is 4.43. The van der Waals surface area contributed by atoms with Crippen LogP contribution in [-0.4, -0.2) is 54.1 Å². The number of thioether (sulfide) groups is 2. The van der Waals surface area contributed by atoms with Crippen LogP contribution >= 0.6 is 23.5 Å². The molecule has 3 rings (SSSR count). The summed E-state index contributed by atoms with van der Waals surface area (Å²) < 4.78 is 3.55. The first-order valence-electron chi connectivity index (χ1n) is 9.40. The Morgan fingerprint density at radius 2 is 1.79 bits per heavy atom. The molecule has 10 heteroatoms. The number of carbonyl (C=O) groups is 1. The smallest absolute Gasteiger partial charge is 0.233 e. The zero-order valence-electron chi connectivity index (χ0n) is 16.6. The average molecular weight is 432 g/mol. The Kier molecular flexibility index (Phi) is 7.59. The van der Waals surface area contributed by atoms with Crippen molar-refractivity contribution in [1.29, 1.82) is 0 Å². The van der Waals surface area contributed by atoms with Gasteiger partial charge >= 0.3 is 0 Å². The molecule has 0 aliphatic heterocycles. The molecule has 8 nitrogen and oxygen atoms in total. The van der Waals surface area contributed by atoms with Crippen molar-refractivity contribution in [1.82, 2.24) is 29.3 Å². The van der Waals surface area contributed by atoms with Gasteiger partial charge in [-0.1, -0.05) is 53.9 Å². The Morgan fingerprint density at radius 3 is 2.48 bits per heavy atom. The van der Waals surface area contributed by atoms with E-state index >= 15 is 0 Å². The molecule has 29 heavy (non-hydrogen) atoms. The quantitative estimate of drug-likeness (QED) is 0.389. The van der Waals surface area contributed by atoms with Crippen molar-refractivity contribution < 1.29 is 4.79 Å². The third kappa shape index (κ3) is 5.54. The molecule has 2 heterocycles. The number of hydrogen-bond donors (Lipinski definition) is 1. The number of hydrogen-bond acceptors (Lipinski definition) is 7. The maximum atomic E-state index is 12.2. The van der Waals surface area contributed by atoms with Crippen LogP contribution in [0.3, 0.4) is 0 Å². The van der Waals surface area contributed by atoms with E-state index in [0.717, 1.165) is 12.4 Å². The predicted octanol–water partition coefficient (Wildman–Crippen LogP) is 2.49. The second-order valence-corrected chi connectivity index (χ2v) is 8.12. The average Bonchev–Trinajstić information content (AvgIpc) is 3.32. The summed E-state index contributed by atoms with van der Waals surface area (Å²) >= 11 is 2.77. The third-order valence-electron chi connectivity index (χ3n) is 4.40. The molecule has 1 aromatic carbocycles. The Hall–Kier alpha value is -2.46. The highest BCUT2D eigenvalue weighted by atomic mass is 32.2. The van der Waals surface area contributed by atoms with Crippen molar-refractivity contribution in [3.05, 3.63) is 54.1 Å². The molecule has 2 N–H and O–H groups in total. The van der Waals surface area contributed by atoms with Crippen LogP contribution in [0.2, 0.25) is 0 Å². The largest absolute Gasteiger partial charge is 0.343 e. The number of nitrogens with zero attached hydrogens (tertiary/aromatic N) is 6. The lowest BCUT2D eigenvalue weighted by atomic mass is 10.2. The van der Waals surface area contributed by atoms with Gasteiger partial charge < -0.3 is 15.3 Å². The van der Waals surface area contributed by atoms with Crippen LogP contribution in [0.15, 0.2) is 53.0 Å². The van der Waals surface area contributed by atoms with Crippen molar-refractivity contribution in [2.24, 2.45) is 0 Å². The number of rotatable bonds is 10. The zero-order valence-corrected chi connectivity index (χ0v) is 18.2. The van der Waals surface area contributed by atoms with E-state index in [4.69, 9.17) is 5.84 Å². The summed E-state index contributed by atoms with van der Waals surface area (Å²) in [6.45, 7) is 6.09. The van der Waals surface area contributed by atoms with Crippen molar-refractivity contribution in [2.45, 2.75) is 36.5 Å². The maximum Gasteiger partial charge on any atom is 0.233 e. The SMILES string of the molecule is CCN(CC)C(=O)CSc1nnc(SCc2nccn2Cc2ccccc2)n1N. The molecule has 154 valence electrons. The lowest BCUT2D eigenvalue weighted by molar-refractivity contribution is -0.127. The number of carbonyl (C=O) groups excluding carboxylic acids is 1. The van der Waals surface area contributed by atoms with E-state index < -0.39 is 0 Å². The summed E-state index contributed by atoms with van der Waals surface area (Å²) in [5, 5.41) is 9.40. The number of imidazole rings is 1. The molecule has 0 bridgehead atoms. The summed E-state index contributed by atoms with van der Waals surface area (Å²) in [5.41, 5.74) is 1.22. The normalized spacial score (nSPS) is 11.0. The molecule has 0 aliphatic rings. The van der Waals surface area contributed by atoms with Gasteiger partial charge in [0.1, 0.15) is 5.82 Å². The van der Waals surface area contributed by atoms with Crippen LogP contribution < -0.4 is 5.84 Å². The van der Waals surface area contributed by atoms with Gasteiger partial charge in [0.25, 0.3) is 0 Å². The molecule has 1 amide bonds. The first-order chi connectivity index (χ1) is 14.1. The second kappa shape index (κ2) is 10.4. The summed E-state index contributed by atoms with van der Waals surface area (Å²) in [5.74, 6) is 8.05. The maximum absolute atomic E-state index is 12.2. The van der Waals surface area contributed by atoms with E-state index in [1.807, 2.05) is 38.2 Å². The van der Waals surface area contributed by atoms with Gasteiger partial charge in [-0.3, -0.25) is 4.79 Å². The van der Waals surface area contributed by atoms with E-state index in [1.54, 1.807) is 11.1 Å². The first kappa shape index (κ1) is 21.3. The van der Waals surface area contributed by atoms with Gasteiger partial charge in [0.15, 0.2) is 0 Å².